The van der Waals surface area contributed by atoms with E-state index in [0.717, 1.165) is 25.1 Å². The summed E-state index contributed by atoms with van der Waals surface area (Å²) in [5, 5.41) is 0. The van der Waals surface area contributed by atoms with Gasteiger partial charge in [0.2, 0.25) is 0 Å². The molecule has 1 fully saturated rings. The van der Waals surface area contributed by atoms with Gasteiger partial charge >= 0.3 is 0 Å². The number of halogens is 1. The summed E-state index contributed by atoms with van der Waals surface area (Å²) < 4.78 is 12.7. The molecule has 1 aromatic carbocycles. The Morgan fingerprint density at radius 2 is 2.07 bits per heavy atom. The highest BCUT2D eigenvalue weighted by molar-refractivity contribution is 5.16. The molecule has 3 heteroatoms. The summed E-state index contributed by atoms with van der Waals surface area (Å²) in [6.07, 6.45) is 1.06. The molecule has 1 heterocycles. The summed E-state index contributed by atoms with van der Waals surface area (Å²) in [6.45, 7) is 4.07. The Bertz CT molecular complexity index is 323. The molecule has 1 aliphatic heterocycles. The maximum atomic E-state index is 12.7. The molecule has 0 aromatic heterocycles. The van der Waals surface area contributed by atoms with Gasteiger partial charge in [-0.05, 0) is 31.0 Å². The largest absolute Gasteiger partial charge is 0.326 e. The van der Waals surface area contributed by atoms with Crippen LogP contribution in [0.25, 0.3) is 0 Å². The normalized spacial score (nSPS) is 27.1. The molecule has 1 aromatic rings. The molecule has 0 aliphatic carbocycles. The lowest BCUT2D eigenvalue weighted by Gasteiger charge is -2.22. The summed E-state index contributed by atoms with van der Waals surface area (Å²) in [5.41, 5.74) is 7.10. The van der Waals surface area contributed by atoms with Crippen molar-refractivity contribution in [1.29, 1.82) is 0 Å². The van der Waals surface area contributed by atoms with Crippen molar-refractivity contribution in [2.75, 3.05) is 6.54 Å². The van der Waals surface area contributed by atoms with Gasteiger partial charge in [-0.15, -0.1) is 0 Å². The van der Waals surface area contributed by atoms with Crippen LogP contribution in [0.15, 0.2) is 24.3 Å². The number of nitrogens with two attached hydrogens (primary N) is 1. The van der Waals surface area contributed by atoms with Gasteiger partial charge < -0.3 is 5.73 Å². The van der Waals surface area contributed by atoms with E-state index in [1.54, 1.807) is 0 Å². The van der Waals surface area contributed by atoms with Crippen molar-refractivity contribution in [1.82, 2.24) is 4.90 Å². The molecule has 1 aliphatic rings. The van der Waals surface area contributed by atoms with Crippen molar-refractivity contribution in [2.24, 2.45) is 5.73 Å². The predicted octanol–water partition coefficient (Wildman–Crippen LogP) is 1.75. The van der Waals surface area contributed by atoms with Crippen LogP contribution in [0.4, 0.5) is 4.39 Å². The van der Waals surface area contributed by atoms with Crippen LogP contribution in [0.1, 0.15) is 18.9 Å². The Hall–Kier alpha value is -0.930. The van der Waals surface area contributed by atoms with Crippen molar-refractivity contribution < 1.29 is 4.39 Å². The number of likely N-dealkylation sites (tertiary alicyclic amines) is 1. The highest BCUT2D eigenvalue weighted by Gasteiger charge is 2.27. The molecule has 2 N–H and O–H groups in total. The summed E-state index contributed by atoms with van der Waals surface area (Å²) in [4.78, 5) is 2.35. The zero-order chi connectivity index (χ0) is 10.8. The summed E-state index contributed by atoms with van der Waals surface area (Å²) in [5.74, 6) is -0.176. The number of hydrogen-bond donors (Lipinski definition) is 1. The van der Waals surface area contributed by atoms with Crippen LogP contribution in [0.3, 0.4) is 0 Å². The van der Waals surface area contributed by atoms with E-state index in [1.165, 1.54) is 12.1 Å². The predicted molar refractivity (Wildman–Crippen MR) is 58.9 cm³/mol. The first kappa shape index (κ1) is 10.6. The minimum Gasteiger partial charge on any atom is -0.326 e. The fourth-order valence-corrected chi connectivity index (χ4v) is 2.08. The average Bonchev–Trinajstić information content (AvgIpc) is 2.53. The summed E-state index contributed by atoms with van der Waals surface area (Å²) in [7, 11) is 0. The van der Waals surface area contributed by atoms with Crippen molar-refractivity contribution in [3.8, 4) is 0 Å². The molecular weight excluding hydrogens is 191 g/mol. The van der Waals surface area contributed by atoms with Gasteiger partial charge in [-0.25, -0.2) is 4.39 Å². The minimum absolute atomic E-state index is 0.176. The zero-order valence-corrected chi connectivity index (χ0v) is 8.99. The van der Waals surface area contributed by atoms with Crippen LogP contribution < -0.4 is 5.73 Å². The van der Waals surface area contributed by atoms with E-state index in [2.05, 4.69) is 11.8 Å². The van der Waals surface area contributed by atoms with Gasteiger partial charge in [0, 0.05) is 25.2 Å². The summed E-state index contributed by atoms with van der Waals surface area (Å²) >= 11 is 0. The average molecular weight is 208 g/mol. The van der Waals surface area contributed by atoms with Crippen LogP contribution >= 0.6 is 0 Å². The van der Waals surface area contributed by atoms with E-state index in [-0.39, 0.29) is 11.9 Å². The van der Waals surface area contributed by atoms with Crippen molar-refractivity contribution >= 4 is 0 Å². The lowest BCUT2D eigenvalue weighted by molar-refractivity contribution is 0.251. The molecule has 0 spiro atoms. The topological polar surface area (TPSA) is 29.3 Å². The van der Waals surface area contributed by atoms with Gasteiger partial charge in [0.1, 0.15) is 5.82 Å². The van der Waals surface area contributed by atoms with Crippen LogP contribution in [-0.4, -0.2) is 23.5 Å². The van der Waals surface area contributed by atoms with Gasteiger partial charge in [-0.3, -0.25) is 4.90 Å². The molecule has 0 bridgehead atoms. The molecule has 0 saturated carbocycles. The van der Waals surface area contributed by atoms with Crippen LogP contribution in [0.5, 0.6) is 0 Å². The third-order valence-corrected chi connectivity index (χ3v) is 3.24. The monoisotopic (exact) mass is 208 g/mol. The fraction of sp³-hybridized carbons (Fsp3) is 0.500. The van der Waals surface area contributed by atoms with Crippen LogP contribution in [0, 0.1) is 5.82 Å². The van der Waals surface area contributed by atoms with Crippen molar-refractivity contribution in [2.45, 2.75) is 32.0 Å². The lowest BCUT2D eigenvalue weighted by atomic mass is 10.1. The first-order valence-corrected chi connectivity index (χ1v) is 5.41. The first-order valence-electron chi connectivity index (χ1n) is 5.41. The minimum atomic E-state index is -0.176. The molecule has 82 valence electrons. The quantitative estimate of drug-likeness (QED) is 0.802. The van der Waals surface area contributed by atoms with Crippen molar-refractivity contribution in [3.05, 3.63) is 35.6 Å². The third kappa shape index (κ3) is 2.36. The molecule has 2 atom stereocenters. The smallest absolute Gasteiger partial charge is 0.123 e. The van der Waals surface area contributed by atoms with E-state index < -0.39 is 0 Å². The fourth-order valence-electron chi connectivity index (χ4n) is 2.08. The van der Waals surface area contributed by atoms with Gasteiger partial charge in [0.05, 0.1) is 0 Å². The highest BCUT2D eigenvalue weighted by atomic mass is 19.1. The van der Waals surface area contributed by atoms with E-state index in [0.29, 0.717) is 6.04 Å². The third-order valence-electron chi connectivity index (χ3n) is 3.24. The molecule has 0 amide bonds. The number of hydrogen-bond acceptors (Lipinski definition) is 2. The highest BCUT2D eigenvalue weighted by Crippen LogP contribution is 2.18. The molecule has 15 heavy (non-hydrogen) atoms. The van der Waals surface area contributed by atoms with Gasteiger partial charge in [-0.1, -0.05) is 12.1 Å². The van der Waals surface area contributed by atoms with Crippen molar-refractivity contribution in [3.63, 3.8) is 0 Å². The van der Waals surface area contributed by atoms with Gasteiger partial charge in [0.15, 0.2) is 0 Å². The molecule has 2 unspecified atom stereocenters. The Labute approximate surface area is 89.9 Å². The van der Waals surface area contributed by atoms with Gasteiger partial charge in [-0.2, -0.15) is 0 Å². The second-order valence-corrected chi connectivity index (χ2v) is 4.29. The standard InChI is InChI=1S/C12H17FN2/c1-9-12(14)6-7-15(9)8-10-2-4-11(13)5-3-10/h2-5,9,12H,6-8,14H2,1H3. The second-order valence-electron chi connectivity index (χ2n) is 4.29. The summed E-state index contributed by atoms with van der Waals surface area (Å²) in [6, 6.07) is 7.41. The Morgan fingerprint density at radius 3 is 2.60 bits per heavy atom. The molecule has 2 nitrogen and oxygen atoms in total. The molecule has 1 saturated heterocycles. The molecule has 0 radical (unpaired) electrons. The maximum absolute atomic E-state index is 12.7. The zero-order valence-electron chi connectivity index (χ0n) is 8.99. The molecule has 2 rings (SSSR count). The SMILES string of the molecule is CC1C(N)CCN1Cc1ccc(F)cc1. The van der Waals surface area contributed by atoms with Crippen LogP contribution in [0.2, 0.25) is 0 Å². The Morgan fingerprint density at radius 1 is 1.40 bits per heavy atom. The van der Waals surface area contributed by atoms with E-state index in [4.69, 9.17) is 5.73 Å². The van der Waals surface area contributed by atoms with E-state index in [1.807, 2.05) is 12.1 Å². The van der Waals surface area contributed by atoms with E-state index >= 15 is 0 Å². The maximum Gasteiger partial charge on any atom is 0.123 e. The first-order chi connectivity index (χ1) is 7.16. The van der Waals surface area contributed by atoms with Crippen LogP contribution in [-0.2, 0) is 6.54 Å². The van der Waals surface area contributed by atoms with E-state index in [9.17, 15) is 4.39 Å². The molecular formula is C12H17FN2. The van der Waals surface area contributed by atoms with Gasteiger partial charge in [0.25, 0.3) is 0 Å². The second kappa shape index (κ2) is 4.29. The Kier molecular flexibility index (Phi) is 3.03. The number of rotatable bonds is 2. The number of benzene rings is 1. The lowest BCUT2D eigenvalue weighted by Crippen LogP contribution is -2.36. The number of nitrogens with zero attached hydrogens (tertiary/aromatic N) is 1. The Balaban J connectivity index is 2.00.